The Balaban J connectivity index is 1.61. The highest BCUT2D eigenvalue weighted by Crippen LogP contribution is 2.29. The number of fused-ring (bicyclic) bond motifs is 1. The summed E-state index contributed by atoms with van der Waals surface area (Å²) in [4.78, 5) is 23.7. The van der Waals surface area contributed by atoms with E-state index in [0.29, 0.717) is 24.8 Å². The van der Waals surface area contributed by atoms with E-state index in [-0.39, 0.29) is 12.5 Å². The van der Waals surface area contributed by atoms with Gasteiger partial charge in [-0.05, 0) is 54.8 Å². The molecule has 0 aliphatic carbocycles. The van der Waals surface area contributed by atoms with Crippen LogP contribution in [0.4, 0.5) is 5.69 Å². The molecule has 0 fully saturated rings. The molecule has 7 nitrogen and oxygen atoms in total. The molecule has 1 N–H and O–H groups in total. The van der Waals surface area contributed by atoms with Gasteiger partial charge in [-0.25, -0.2) is 9.97 Å². The summed E-state index contributed by atoms with van der Waals surface area (Å²) < 4.78 is 10.9. The van der Waals surface area contributed by atoms with Crippen LogP contribution in [0.2, 0.25) is 0 Å². The van der Waals surface area contributed by atoms with E-state index in [1.54, 1.807) is 19.5 Å². The molecule has 0 radical (unpaired) electrons. The maximum Gasteiger partial charge on any atom is 0.316 e. The van der Waals surface area contributed by atoms with E-state index in [9.17, 15) is 4.79 Å². The Kier molecular flexibility index (Phi) is 8.46. The van der Waals surface area contributed by atoms with Crippen LogP contribution in [0, 0.1) is 0 Å². The van der Waals surface area contributed by atoms with Crippen molar-refractivity contribution in [2.75, 3.05) is 31.7 Å². The van der Waals surface area contributed by atoms with Gasteiger partial charge >= 0.3 is 6.01 Å². The second-order valence-electron chi connectivity index (χ2n) is 8.39. The zero-order valence-corrected chi connectivity index (χ0v) is 19.7. The summed E-state index contributed by atoms with van der Waals surface area (Å²) in [6, 6.07) is 16.0. The highest BCUT2D eigenvalue weighted by molar-refractivity contribution is 5.95. The summed E-state index contributed by atoms with van der Waals surface area (Å²) in [6.07, 6.45) is 9.15. The largest absolute Gasteiger partial charge is 0.484 e. The number of amides is 1. The third kappa shape index (κ3) is 6.32. The van der Waals surface area contributed by atoms with E-state index < -0.39 is 0 Å². The van der Waals surface area contributed by atoms with E-state index in [1.165, 1.54) is 12.8 Å². The van der Waals surface area contributed by atoms with Crippen LogP contribution in [0.25, 0.3) is 11.1 Å². The van der Waals surface area contributed by atoms with Crippen molar-refractivity contribution >= 4 is 11.6 Å². The van der Waals surface area contributed by atoms with E-state index in [1.807, 2.05) is 47.4 Å². The average molecular weight is 461 g/mol. The SMILES string of the molecule is COc1ncc(-c2ccc3c(c2)CNCCCCCCCN3C(=O)COc2ccccc2)cn1. The third-order valence-corrected chi connectivity index (χ3v) is 5.97. The number of rotatable bonds is 5. The zero-order chi connectivity index (χ0) is 23.6. The first-order valence-electron chi connectivity index (χ1n) is 11.9. The number of anilines is 1. The van der Waals surface area contributed by atoms with Gasteiger partial charge in [-0.3, -0.25) is 4.79 Å². The van der Waals surface area contributed by atoms with Gasteiger partial charge in [-0.2, -0.15) is 0 Å². The Morgan fingerprint density at radius 2 is 1.74 bits per heavy atom. The number of carbonyl (C=O) groups is 1. The number of hydrogen-bond donors (Lipinski definition) is 1. The number of nitrogens with one attached hydrogen (secondary N) is 1. The maximum atomic E-state index is 13.3. The van der Waals surface area contributed by atoms with Crippen LogP contribution in [0.15, 0.2) is 60.9 Å². The molecule has 0 saturated carbocycles. The molecule has 178 valence electrons. The third-order valence-electron chi connectivity index (χ3n) is 5.97. The van der Waals surface area contributed by atoms with Gasteiger partial charge in [0.2, 0.25) is 0 Å². The number of carbonyl (C=O) groups excluding carboxylic acids is 1. The number of aromatic nitrogens is 2. The first-order valence-corrected chi connectivity index (χ1v) is 11.9. The summed E-state index contributed by atoms with van der Waals surface area (Å²) >= 11 is 0. The number of benzene rings is 2. The fourth-order valence-electron chi connectivity index (χ4n) is 4.13. The molecule has 0 bridgehead atoms. The monoisotopic (exact) mass is 460 g/mol. The molecule has 4 rings (SSSR count). The van der Waals surface area contributed by atoms with Crippen molar-refractivity contribution < 1.29 is 14.3 Å². The van der Waals surface area contributed by atoms with Crippen LogP contribution >= 0.6 is 0 Å². The topological polar surface area (TPSA) is 76.6 Å². The van der Waals surface area contributed by atoms with E-state index in [0.717, 1.165) is 48.2 Å². The molecule has 1 amide bonds. The molecule has 34 heavy (non-hydrogen) atoms. The van der Waals surface area contributed by atoms with Gasteiger partial charge in [0.1, 0.15) is 5.75 Å². The van der Waals surface area contributed by atoms with Crippen molar-refractivity contribution in [1.29, 1.82) is 0 Å². The zero-order valence-electron chi connectivity index (χ0n) is 19.7. The molecular weight excluding hydrogens is 428 g/mol. The number of nitrogens with zero attached hydrogens (tertiary/aromatic N) is 3. The highest BCUT2D eigenvalue weighted by Gasteiger charge is 2.20. The quantitative estimate of drug-likeness (QED) is 0.599. The fraction of sp³-hybridized carbons (Fsp3) is 0.370. The summed E-state index contributed by atoms with van der Waals surface area (Å²) in [7, 11) is 1.55. The Morgan fingerprint density at radius 1 is 0.971 bits per heavy atom. The maximum absolute atomic E-state index is 13.3. The van der Waals surface area contributed by atoms with Crippen molar-refractivity contribution in [2.45, 2.75) is 38.6 Å². The second-order valence-corrected chi connectivity index (χ2v) is 8.39. The summed E-state index contributed by atoms with van der Waals surface area (Å²) in [6.45, 7) is 2.32. The second kappa shape index (κ2) is 12.1. The number of methoxy groups -OCH3 is 1. The van der Waals surface area contributed by atoms with E-state index in [4.69, 9.17) is 9.47 Å². The Labute approximate surface area is 201 Å². The van der Waals surface area contributed by atoms with Crippen molar-refractivity contribution in [3.63, 3.8) is 0 Å². The molecule has 1 aliphatic heterocycles. The first kappa shape index (κ1) is 23.7. The lowest BCUT2D eigenvalue weighted by atomic mass is 10.0. The van der Waals surface area contributed by atoms with Gasteiger partial charge in [0.15, 0.2) is 6.61 Å². The van der Waals surface area contributed by atoms with Crippen LogP contribution in [-0.4, -0.2) is 42.7 Å². The predicted octanol–water partition coefficient (Wildman–Crippen LogP) is 4.62. The smallest absolute Gasteiger partial charge is 0.316 e. The van der Waals surface area contributed by atoms with Gasteiger partial charge < -0.3 is 19.7 Å². The lowest BCUT2D eigenvalue weighted by Crippen LogP contribution is -2.37. The fourth-order valence-corrected chi connectivity index (χ4v) is 4.13. The normalized spacial score (nSPS) is 14.9. The molecule has 3 aromatic rings. The Hall–Kier alpha value is -3.45. The molecular formula is C27H32N4O3. The first-order chi connectivity index (χ1) is 16.7. The molecule has 1 aliphatic rings. The molecule has 0 unspecified atom stereocenters. The van der Waals surface area contributed by atoms with Gasteiger partial charge in [0.05, 0.1) is 7.11 Å². The molecule has 1 aromatic heterocycles. The van der Waals surface area contributed by atoms with Gasteiger partial charge in [-0.15, -0.1) is 0 Å². The van der Waals surface area contributed by atoms with Crippen LogP contribution in [0.1, 0.15) is 37.7 Å². The summed E-state index contributed by atoms with van der Waals surface area (Å²) in [5.74, 6) is 0.657. The number of hydrogen-bond acceptors (Lipinski definition) is 6. The molecule has 0 spiro atoms. The number of para-hydroxylation sites is 1. The highest BCUT2D eigenvalue weighted by atomic mass is 16.5. The Bertz CT molecular complexity index is 1060. The van der Waals surface area contributed by atoms with Crippen LogP contribution < -0.4 is 19.7 Å². The lowest BCUT2D eigenvalue weighted by molar-refractivity contribution is -0.120. The van der Waals surface area contributed by atoms with Crippen molar-refractivity contribution in [3.05, 3.63) is 66.5 Å². The predicted molar refractivity (Wildman–Crippen MR) is 133 cm³/mol. The lowest BCUT2D eigenvalue weighted by Gasteiger charge is -2.27. The molecule has 2 heterocycles. The van der Waals surface area contributed by atoms with Gasteiger partial charge in [0.25, 0.3) is 5.91 Å². The van der Waals surface area contributed by atoms with Crippen LogP contribution in [0.3, 0.4) is 0 Å². The van der Waals surface area contributed by atoms with E-state index in [2.05, 4.69) is 21.4 Å². The molecule has 0 saturated heterocycles. The van der Waals surface area contributed by atoms with Crippen LogP contribution in [0.5, 0.6) is 11.8 Å². The van der Waals surface area contributed by atoms with Gasteiger partial charge in [-0.1, -0.05) is 43.5 Å². The van der Waals surface area contributed by atoms with Gasteiger partial charge in [0, 0.05) is 36.7 Å². The van der Waals surface area contributed by atoms with Crippen molar-refractivity contribution in [1.82, 2.24) is 15.3 Å². The summed E-state index contributed by atoms with van der Waals surface area (Å²) in [5, 5.41) is 3.55. The molecule has 2 aromatic carbocycles. The van der Waals surface area contributed by atoms with Crippen LogP contribution in [-0.2, 0) is 11.3 Å². The molecule has 0 atom stereocenters. The number of ether oxygens (including phenoxy) is 2. The van der Waals surface area contributed by atoms with Crippen molar-refractivity contribution in [3.8, 4) is 22.9 Å². The standard InChI is InChI=1S/C27H32N4O3/c1-33-27-29-18-23(19-30-27)21-12-13-25-22(16-21)17-28-14-8-3-2-4-9-15-31(25)26(32)20-34-24-10-6-5-7-11-24/h5-7,10-13,16,18-19,28H,2-4,8-9,14-15,17,20H2,1H3. The Morgan fingerprint density at radius 3 is 2.53 bits per heavy atom. The minimum absolute atomic E-state index is 0.00491. The minimum Gasteiger partial charge on any atom is -0.484 e. The average Bonchev–Trinajstić information content (AvgIpc) is 2.88. The molecule has 7 heteroatoms. The van der Waals surface area contributed by atoms with Crippen molar-refractivity contribution in [2.24, 2.45) is 0 Å². The minimum atomic E-state index is -0.0392. The van der Waals surface area contributed by atoms with E-state index >= 15 is 0 Å². The summed E-state index contributed by atoms with van der Waals surface area (Å²) in [5.41, 5.74) is 3.90.